The van der Waals surface area contributed by atoms with Gasteiger partial charge in [-0.2, -0.15) is 0 Å². The van der Waals surface area contributed by atoms with Gasteiger partial charge >= 0.3 is 0 Å². The number of anilines is 1. The number of nitrogens with zero attached hydrogens (tertiary/aromatic N) is 2. The molecule has 0 unspecified atom stereocenters. The van der Waals surface area contributed by atoms with Crippen molar-refractivity contribution in [3.8, 4) is 0 Å². The molecule has 0 aliphatic carbocycles. The Kier molecular flexibility index (Phi) is 5.91. The Labute approximate surface area is 158 Å². The molecule has 5 nitrogen and oxygen atoms in total. The number of likely N-dealkylation sites (N-methyl/N-ethyl adjacent to an activating group) is 1. The first kappa shape index (κ1) is 18.4. The van der Waals surface area contributed by atoms with Gasteiger partial charge in [-0.05, 0) is 30.8 Å². The third kappa shape index (κ3) is 4.62. The van der Waals surface area contributed by atoms with Crippen LogP contribution in [0.25, 0.3) is 0 Å². The molecule has 2 aromatic carbocycles. The van der Waals surface area contributed by atoms with Gasteiger partial charge in [0.05, 0.1) is 17.1 Å². The number of piperazine rings is 1. The zero-order chi connectivity index (χ0) is 18.5. The molecule has 0 atom stereocenters. The van der Waals surface area contributed by atoms with E-state index >= 15 is 0 Å². The molecule has 1 saturated heterocycles. The molecule has 0 aromatic heterocycles. The molecule has 0 saturated carbocycles. The smallest absolute Gasteiger partial charge is 0.254 e. The Morgan fingerprint density at radius 3 is 2.42 bits per heavy atom. The maximum Gasteiger partial charge on any atom is 0.254 e. The molecule has 1 fully saturated rings. The van der Waals surface area contributed by atoms with Gasteiger partial charge in [0.15, 0.2) is 0 Å². The summed E-state index contributed by atoms with van der Waals surface area (Å²) >= 11 is 6.21. The number of amides is 2. The predicted molar refractivity (Wildman–Crippen MR) is 104 cm³/mol. The SMILES string of the molecule is CN1CCN(C(=O)c2ccc(Cl)c(NC(=O)Cc3ccccc3)c2)CC1. The van der Waals surface area contributed by atoms with E-state index in [0.717, 1.165) is 18.7 Å². The molecule has 0 bridgehead atoms. The second-order valence-electron chi connectivity index (χ2n) is 6.50. The van der Waals surface area contributed by atoms with Gasteiger partial charge in [-0.25, -0.2) is 0 Å². The van der Waals surface area contributed by atoms with Crippen molar-refractivity contribution in [2.24, 2.45) is 0 Å². The van der Waals surface area contributed by atoms with Crippen molar-refractivity contribution in [2.75, 3.05) is 38.5 Å². The van der Waals surface area contributed by atoms with E-state index in [4.69, 9.17) is 11.6 Å². The normalized spacial score (nSPS) is 14.9. The summed E-state index contributed by atoms with van der Waals surface area (Å²) in [5.41, 5.74) is 1.92. The summed E-state index contributed by atoms with van der Waals surface area (Å²) in [7, 11) is 2.05. The summed E-state index contributed by atoms with van der Waals surface area (Å²) in [6, 6.07) is 14.5. The van der Waals surface area contributed by atoms with Gasteiger partial charge in [0.25, 0.3) is 5.91 Å². The number of halogens is 1. The Hall–Kier alpha value is -2.37. The highest BCUT2D eigenvalue weighted by atomic mass is 35.5. The van der Waals surface area contributed by atoms with Crippen molar-refractivity contribution < 1.29 is 9.59 Å². The average molecular weight is 372 g/mol. The van der Waals surface area contributed by atoms with E-state index in [1.165, 1.54) is 0 Å². The third-order valence-electron chi connectivity index (χ3n) is 4.49. The zero-order valence-corrected chi connectivity index (χ0v) is 15.5. The van der Waals surface area contributed by atoms with Crippen LogP contribution < -0.4 is 5.32 Å². The van der Waals surface area contributed by atoms with Crippen LogP contribution in [0.2, 0.25) is 5.02 Å². The predicted octanol–water partition coefficient (Wildman–Crippen LogP) is 2.91. The first-order chi connectivity index (χ1) is 12.5. The maximum atomic E-state index is 12.7. The van der Waals surface area contributed by atoms with Crippen molar-refractivity contribution in [3.05, 3.63) is 64.7 Å². The second kappa shape index (κ2) is 8.34. The van der Waals surface area contributed by atoms with E-state index in [9.17, 15) is 9.59 Å². The Bertz CT molecular complexity index is 787. The van der Waals surface area contributed by atoms with Gasteiger partial charge in [-0.15, -0.1) is 0 Å². The molecule has 1 aliphatic rings. The van der Waals surface area contributed by atoms with Crippen LogP contribution in [0.15, 0.2) is 48.5 Å². The van der Waals surface area contributed by atoms with Gasteiger partial charge in [0.1, 0.15) is 0 Å². The van der Waals surface area contributed by atoms with Crippen LogP contribution in [0, 0.1) is 0 Å². The highest BCUT2D eigenvalue weighted by Gasteiger charge is 2.21. The Morgan fingerprint density at radius 2 is 1.73 bits per heavy atom. The van der Waals surface area contributed by atoms with Crippen molar-refractivity contribution in [1.29, 1.82) is 0 Å². The van der Waals surface area contributed by atoms with E-state index in [0.29, 0.717) is 29.4 Å². The van der Waals surface area contributed by atoms with Gasteiger partial charge in [0, 0.05) is 31.7 Å². The van der Waals surface area contributed by atoms with Gasteiger partial charge in [-0.3, -0.25) is 9.59 Å². The monoisotopic (exact) mass is 371 g/mol. The maximum absolute atomic E-state index is 12.7. The summed E-state index contributed by atoms with van der Waals surface area (Å²) < 4.78 is 0. The number of rotatable bonds is 4. The van der Waals surface area contributed by atoms with Gasteiger partial charge < -0.3 is 15.1 Å². The molecule has 26 heavy (non-hydrogen) atoms. The standard InChI is InChI=1S/C20H22ClN3O2/c1-23-9-11-24(12-10-23)20(26)16-7-8-17(21)18(14-16)22-19(25)13-15-5-3-2-4-6-15/h2-8,14H,9-13H2,1H3,(H,22,25). The van der Waals surface area contributed by atoms with Crippen LogP contribution in [0.1, 0.15) is 15.9 Å². The van der Waals surface area contributed by atoms with Crippen molar-refractivity contribution >= 4 is 29.1 Å². The molecule has 0 spiro atoms. The number of hydrogen-bond acceptors (Lipinski definition) is 3. The number of carbonyl (C=O) groups is 2. The Balaban J connectivity index is 1.69. The summed E-state index contributed by atoms with van der Waals surface area (Å²) in [5.74, 6) is -0.198. The van der Waals surface area contributed by atoms with Crippen LogP contribution in [-0.2, 0) is 11.2 Å². The van der Waals surface area contributed by atoms with Crippen LogP contribution >= 0.6 is 11.6 Å². The van der Waals surface area contributed by atoms with Gasteiger partial charge in [-0.1, -0.05) is 41.9 Å². The lowest BCUT2D eigenvalue weighted by Crippen LogP contribution is -2.47. The average Bonchev–Trinajstić information content (AvgIpc) is 2.64. The lowest BCUT2D eigenvalue weighted by atomic mass is 10.1. The second-order valence-corrected chi connectivity index (χ2v) is 6.91. The number of hydrogen-bond donors (Lipinski definition) is 1. The first-order valence-electron chi connectivity index (χ1n) is 8.64. The van der Waals surface area contributed by atoms with E-state index < -0.39 is 0 Å². The molecule has 2 amide bonds. The van der Waals surface area contributed by atoms with Crippen LogP contribution in [-0.4, -0.2) is 54.8 Å². The minimum Gasteiger partial charge on any atom is -0.336 e. The van der Waals surface area contributed by atoms with Crippen molar-refractivity contribution in [1.82, 2.24) is 9.80 Å². The molecular weight excluding hydrogens is 350 g/mol. The molecule has 1 aliphatic heterocycles. The van der Waals surface area contributed by atoms with E-state index in [-0.39, 0.29) is 18.2 Å². The molecule has 1 N–H and O–H groups in total. The fourth-order valence-corrected chi connectivity index (χ4v) is 3.09. The van der Waals surface area contributed by atoms with E-state index in [1.54, 1.807) is 18.2 Å². The fraction of sp³-hybridized carbons (Fsp3) is 0.300. The quantitative estimate of drug-likeness (QED) is 0.899. The van der Waals surface area contributed by atoms with E-state index in [1.807, 2.05) is 42.3 Å². The summed E-state index contributed by atoms with van der Waals surface area (Å²) in [4.78, 5) is 29.0. The summed E-state index contributed by atoms with van der Waals surface area (Å²) in [6.07, 6.45) is 0.258. The van der Waals surface area contributed by atoms with Crippen LogP contribution in [0.3, 0.4) is 0 Å². The zero-order valence-electron chi connectivity index (χ0n) is 14.7. The molecular formula is C20H22ClN3O2. The summed E-state index contributed by atoms with van der Waals surface area (Å²) in [6.45, 7) is 3.13. The highest BCUT2D eigenvalue weighted by Crippen LogP contribution is 2.24. The number of nitrogens with one attached hydrogen (secondary N) is 1. The molecule has 3 rings (SSSR count). The Morgan fingerprint density at radius 1 is 1.04 bits per heavy atom. The largest absolute Gasteiger partial charge is 0.336 e. The first-order valence-corrected chi connectivity index (χ1v) is 9.02. The van der Waals surface area contributed by atoms with Gasteiger partial charge in [0.2, 0.25) is 5.91 Å². The molecule has 6 heteroatoms. The fourth-order valence-electron chi connectivity index (χ4n) is 2.92. The minimum atomic E-state index is -0.165. The molecule has 136 valence electrons. The minimum absolute atomic E-state index is 0.0340. The molecule has 1 heterocycles. The molecule has 0 radical (unpaired) electrons. The summed E-state index contributed by atoms with van der Waals surface area (Å²) in [5, 5.41) is 3.23. The lowest BCUT2D eigenvalue weighted by Gasteiger charge is -2.32. The number of carbonyl (C=O) groups excluding carboxylic acids is 2. The molecule has 2 aromatic rings. The lowest BCUT2D eigenvalue weighted by molar-refractivity contribution is -0.115. The van der Waals surface area contributed by atoms with Crippen LogP contribution in [0.4, 0.5) is 5.69 Å². The third-order valence-corrected chi connectivity index (χ3v) is 4.81. The highest BCUT2D eigenvalue weighted by molar-refractivity contribution is 6.33. The van der Waals surface area contributed by atoms with Crippen LogP contribution in [0.5, 0.6) is 0 Å². The number of benzene rings is 2. The van der Waals surface area contributed by atoms with Crippen molar-refractivity contribution in [3.63, 3.8) is 0 Å². The topological polar surface area (TPSA) is 52.6 Å². The van der Waals surface area contributed by atoms with Crippen molar-refractivity contribution in [2.45, 2.75) is 6.42 Å². The van der Waals surface area contributed by atoms with E-state index in [2.05, 4.69) is 10.2 Å².